The molecule has 23 heavy (non-hydrogen) atoms. The number of hydrogen-bond donors (Lipinski definition) is 0. The van der Waals surface area contributed by atoms with Crippen LogP contribution in [0.5, 0.6) is 0 Å². The third-order valence-corrected chi connectivity index (χ3v) is 2.89. The molecule has 0 unspecified atom stereocenters. The normalized spacial score (nSPS) is 10.5. The van der Waals surface area contributed by atoms with Crippen LogP contribution in [0.2, 0.25) is 0 Å². The van der Waals surface area contributed by atoms with E-state index in [1.54, 1.807) is 23.7 Å². The van der Waals surface area contributed by atoms with Crippen molar-refractivity contribution in [2.45, 2.75) is 13.8 Å². The molecule has 0 aromatic carbocycles. The lowest BCUT2D eigenvalue weighted by Gasteiger charge is -2.06. The largest absolute Gasteiger partial charge is 0.759 e. The summed E-state index contributed by atoms with van der Waals surface area (Å²) in [5, 5.41) is 0. The van der Waals surface area contributed by atoms with Gasteiger partial charge in [0.1, 0.15) is 14.2 Å². The number of hydrogen-bond acceptors (Lipinski definition) is 6. The highest BCUT2D eigenvalue weighted by Gasteiger charge is 2.28. The molecule has 0 atom stereocenters. The minimum Gasteiger partial charge on any atom is -0.759 e. The van der Waals surface area contributed by atoms with E-state index in [1.807, 2.05) is 50.2 Å². The van der Waals surface area contributed by atoms with Gasteiger partial charge in [-0.1, -0.05) is 0 Å². The Balaban J connectivity index is 0.000000463. The van der Waals surface area contributed by atoms with Gasteiger partial charge in [0, 0.05) is 58.0 Å². The minimum absolute atomic E-state index is 0.947. The summed E-state index contributed by atoms with van der Waals surface area (Å²) in [7, 11) is -1.85. The van der Waals surface area contributed by atoms with Crippen molar-refractivity contribution in [2.75, 3.05) is 14.2 Å². The van der Waals surface area contributed by atoms with Crippen LogP contribution in [-0.4, -0.2) is 31.7 Å². The van der Waals surface area contributed by atoms with Gasteiger partial charge in [0.15, 0.2) is 0 Å². The van der Waals surface area contributed by atoms with E-state index in [9.17, 15) is 0 Å². The van der Waals surface area contributed by atoms with Crippen LogP contribution in [0.1, 0.15) is 11.4 Å². The Morgan fingerprint density at radius 3 is 1.39 bits per heavy atom. The van der Waals surface area contributed by atoms with Crippen LogP contribution in [0.25, 0.3) is 11.4 Å². The molecule has 0 bridgehead atoms. The van der Waals surface area contributed by atoms with E-state index < -0.39 is 10.4 Å². The maximum absolute atomic E-state index is 8.52. The molecule has 0 saturated heterocycles. The zero-order valence-electron chi connectivity index (χ0n) is 13.2. The summed E-state index contributed by atoms with van der Waals surface area (Å²) in [6.07, 6.45) is 0. The second-order valence-electron chi connectivity index (χ2n) is 4.47. The fourth-order valence-corrected chi connectivity index (χ4v) is 2.07. The number of aromatic nitrogens is 2. The Hall–Kier alpha value is -2.23. The van der Waals surface area contributed by atoms with Gasteiger partial charge in [0.05, 0.1) is 0 Å². The van der Waals surface area contributed by atoms with E-state index in [-0.39, 0.29) is 0 Å². The Bertz CT molecular complexity index is 717. The second kappa shape index (κ2) is 7.86. The predicted molar refractivity (Wildman–Crippen MR) is 77.2 cm³/mol. The second-order valence-corrected chi connectivity index (χ2v) is 5.28. The molecule has 0 N–H and O–H groups in total. The fraction of sp³-hybridized carbons (Fsp3) is 0.286. The molecule has 0 aliphatic heterocycles. The van der Waals surface area contributed by atoms with Gasteiger partial charge in [-0.05, 0) is 12.1 Å². The molecule has 0 radical (unpaired) electrons. The lowest BCUT2D eigenvalue weighted by Crippen LogP contribution is -2.51. The summed E-state index contributed by atoms with van der Waals surface area (Å²) in [4.78, 5) is 10.8. The first-order valence-electron chi connectivity index (χ1n) is 6.48. The molecule has 9 heteroatoms. The lowest BCUT2D eigenvalue weighted by atomic mass is 10.2. The molecule has 0 spiro atoms. The molecule has 0 amide bonds. The third kappa shape index (κ3) is 5.47. The third-order valence-electron chi connectivity index (χ3n) is 2.89. The van der Waals surface area contributed by atoms with Gasteiger partial charge in [0.2, 0.25) is 11.4 Å². The monoisotopic (exact) mass is 342 g/mol. The highest BCUT2D eigenvalue weighted by Crippen LogP contribution is 2.11. The van der Waals surface area contributed by atoms with Gasteiger partial charge in [0.25, 0.3) is 0 Å². The van der Waals surface area contributed by atoms with Gasteiger partial charge in [-0.3, -0.25) is 18.1 Å². The van der Waals surface area contributed by atoms with Crippen molar-refractivity contribution in [3.8, 4) is 11.4 Å². The quantitative estimate of drug-likeness (QED) is 0.416. The van der Waals surface area contributed by atoms with Gasteiger partial charge in [-0.25, -0.2) is 0 Å². The summed E-state index contributed by atoms with van der Waals surface area (Å²) in [6.45, 7) is 4.00. The zero-order chi connectivity index (χ0) is 17.6. The van der Waals surface area contributed by atoms with Crippen LogP contribution < -0.4 is 19.1 Å². The number of nitrogens with zero attached hydrogens (tertiary/aromatic N) is 2. The predicted octanol–water partition coefficient (Wildman–Crippen LogP) is -0.676. The molecule has 0 fully saturated rings. The Morgan fingerprint density at radius 2 is 1.13 bits per heavy atom. The Morgan fingerprint density at radius 1 is 0.826 bits per heavy atom. The summed E-state index contributed by atoms with van der Waals surface area (Å²) in [5.41, 5.74) is 3.95. The average molecular weight is 342 g/mol. The van der Waals surface area contributed by atoms with Crippen LogP contribution in [0.3, 0.4) is 0 Å². The maximum atomic E-state index is 8.52. The van der Waals surface area contributed by atoms with Gasteiger partial charge in [-0.2, -0.15) is 0 Å². The summed E-state index contributed by atoms with van der Waals surface area (Å²) >= 11 is 0. The average Bonchev–Trinajstić information content (AvgIpc) is 2.45. The summed E-state index contributed by atoms with van der Waals surface area (Å²) in [6, 6.07) is 12.0. The van der Waals surface area contributed by atoms with E-state index in [1.165, 1.54) is 0 Å². The molecular weight excluding hydrogens is 324 g/mol. The minimum atomic E-state index is -5.17. The molecule has 2 heterocycles. The van der Waals surface area contributed by atoms with Crippen molar-refractivity contribution in [3.63, 3.8) is 0 Å². The van der Waals surface area contributed by atoms with Crippen molar-refractivity contribution in [2.24, 2.45) is 0 Å². The highest BCUT2D eigenvalue weighted by atomic mass is 32.3. The first kappa shape index (κ1) is 18.8. The molecule has 2 aromatic rings. The van der Waals surface area contributed by atoms with Crippen molar-refractivity contribution in [1.29, 1.82) is 0 Å². The molecule has 2 aromatic heterocycles. The molecule has 0 saturated carbocycles. The Kier molecular flexibility index (Phi) is 6.43. The number of pyridine rings is 2. The van der Waals surface area contributed by atoms with Crippen LogP contribution in [0, 0.1) is 13.8 Å². The van der Waals surface area contributed by atoms with Crippen molar-refractivity contribution in [3.05, 3.63) is 47.8 Å². The van der Waals surface area contributed by atoms with E-state index in [4.69, 9.17) is 27.2 Å². The van der Waals surface area contributed by atoms with E-state index in [0.29, 0.717) is 0 Å². The number of rotatable bonds is 3. The van der Waals surface area contributed by atoms with Crippen molar-refractivity contribution < 1.29 is 36.7 Å². The summed E-state index contributed by atoms with van der Waals surface area (Å²) < 4.78 is 37.6. The van der Waals surface area contributed by atoms with Gasteiger partial charge in [-0.15, -0.1) is 0 Å². The molecule has 8 nitrogen and oxygen atoms in total. The first-order valence-corrected chi connectivity index (χ1v) is 7.81. The van der Waals surface area contributed by atoms with E-state index in [2.05, 4.69) is 0 Å². The Labute approximate surface area is 135 Å². The molecule has 126 valence electrons. The van der Waals surface area contributed by atoms with Gasteiger partial charge < -0.3 is 9.11 Å². The fourth-order valence-electron chi connectivity index (χ4n) is 2.07. The lowest BCUT2D eigenvalue weighted by molar-refractivity contribution is -0.903. The molecule has 0 aliphatic rings. The topological polar surface area (TPSA) is 106 Å². The molecular formula is C14H18N2O6S. The van der Waals surface area contributed by atoms with Crippen LogP contribution in [0.15, 0.2) is 36.4 Å². The zero-order valence-corrected chi connectivity index (χ0v) is 14.0. The number of aryl methyl sites for hydroxylation is 2. The van der Waals surface area contributed by atoms with Crippen LogP contribution in [0.4, 0.5) is 0 Å². The van der Waals surface area contributed by atoms with Crippen LogP contribution in [-0.2, 0) is 10.4 Å². The first-order chi connectivity index (χ1) is 10.7. The SMILES string of the molecule is CO[n+]1c(C)cccc1-c1cccc(C)[n+]1OC.O=S(=O)([O-])[O-]. The van der Waals surface area contributed by atoms with Gasteiger partial charge >= 0.3 is 11.4 Å². The van der Waals surface area contributed by atoms with Crippen LogP contribution >= 0.6 is 0 Å². The van der Waals surface area contributed by atoms with E-state index >= 15 is 0 Å². The molecule has 0 aliphatic carbocycles. The highest BCUT2D eigenvalue weighted by molar-refractivity contribution is 7.79. The van der Waals surface area contributed by atoms with Crippen molar-refractivity contribution in [1.82, 2.24) is 0 Å². The van der Waals surface area contributed by atoms with E-state index in [0.717, 1.165) is 22.8 Å². The standard InChI is InChI=1S/C14H18N2O2.H2O4S/c1-11-7-5-9-13(15(11)17-3)14-10-6-8-12(2)16(14)18-4;1-5(2,3)4/h5-10H,1-4H3;(H2,1,2,3,4)/q+2;/p-2. The van der Waals surface area contributed by atoms with Crippen molar-refractivity contribution >= 4 is 10.4 Å². The smallest absolute Gasteiger partial charge is 0.333 e. The molecule has 2 rings (SSSR count). The summed E-state index contributed by atoms with van der Waals surface area (Å²) in [5.74, 6) is 0. The maximum Gasteiger partial charge on any atom is 0.333 e.